The maximum atomic E-state index is 12.2. The fourth-order valence-corrected chi connectivity index (χ4v) is 3.17. The summed E-state index contributed by atoms with van der Waals surface area (Å²) in [6.07, 6.45) is 1.75. The van der Waals surface area contributed by atoms with Crippen LogP contribution in [-0.4, -0.2) is 31.1 Å². The van der Waals surface area contributed by atoms with Crippen LogP contribution in [0.2, 0.25) is 0 Å². The van der Waals surface area contributed by atoms with Crippen molar-refractivity contribution in [3.05, 3.63) is 35.9 Å². The Hall–Kier alpha value is -1.35. The van der Waals surface area contributed by atoms with Crippen molar-refractivity contribution >= 4 is 5.91 Å². The van der Waals surface area contributed by atoms with Gasteiger partial charge in [-0.3, -0.25) is 4.79 Å². The summed E-state index contributed by atoms with van der Waals surface area (Å²) in [7, 11) is 1.74. The number of carbonyl (C=O) groups is 1. The van der Waals surface area contributed by atoms with E-state index >= 15 is 0 Å². The molecule has 1 heterocycles. The third kappa shape index (κ3) is 3.60. The van der Waals surface area contributed by atoms with Crippen LogP contribution in [0.5, 0.6) is 0 Å². The topological polar surface area (TPSA) is 29.5 Å². The van der Waals surface area contributed by atoms with E-state index in [2.05, 4.69) is 26.0 Å². The molecule has 1 fully saturated rings. The summed E-state index contributed by atoms with van der Waals surface area (Å²) in [6.45, 7) is 5.97. The molecule has 3 atom stereocenters. The molecule has 1 unspecified atom stereocenters. The van der Waals surface area contributed by atoms with E-state index in [1.165, 1.54) is 5.56 Å². The van der Waals surface area contributed by atoms with Crippen molar-refractivity contribution in [1.29, 1.82) is 0 Å². The zero-order valence-corrected chi connectivity index (χ0v) is 12.7. The van der Waals surface area contributed by atoms with Crippen molar-refractivity contribution in [3.8, 4) is 0 Å². The summed E-state index contributed by atoms with van der Waals surface area (Å²) in [5, 5.41) is 0. The first kappa shape index (κ1) is 15.0. The fourth-order valence-electron chi connectivity index (χ4n) is 3.17. The average molecular weight is 275 g/mol. The summed E-state index contributed by atoms with van der Waals surface area (Å²) >= 11 is 0. The van der Waals surface area contributed by atoms with Gasteiger partial charge in [0.25, 0.3) is 0 Å². The number of rotatable bonds is 6. The van der Waals surface area contributed by atoms with Crippen LogP contribution in [0.25, 0.3) is 0 Å². The molecule has 1 aromatic carbocycles. The molecule has 3 heteroatoms. The van der Waals surface area contributed by atoms with Crippen molar-refractivity contribution < 1.29 is 9.53 Å². The van der Waals surface area contributed by atoms with Crippen LogP contribution in [0.15, 0.2) is 30.3 Å². The lowest BCUT2D eigenvalue weighted by Crippen LogP contribution is -2.28. The molecule has 1 aliphatic rings. The number of hydrogen-bond donors (Lipinski definition) is 0. The summed E-state index contributed by atoms with van der Waals surface area (Å²) in [5.41, 5.74) is 1.21. The predicted octanol–water partition coefficient (Wildman–Crippen LogP) is 3.27. The summed E-state index contributed by atoms with van der Waals surface area (Å²) < 4.78 is 5.19. The molecule has 1 aliphatic heterocycles. The molecule has 1 aromatic rings. The predicted molar refractivity (Wildman–Crippen MR) is 80.3 cm³/mol. The largest absolute Gasteiger partial charge is 0.384 e. The molecule has 0 radical (unpaired) electrons. The Balaban J connectivity index is 1.95. The van der Waals surface area contributed by atoms with Crippen molar-refractivity contribution in [2.24, 2.45) is 11.8 Å². The molecule has 20 heavy (non-hydrogen) atoms. The first-order valence-electron chi connectivity index (χ1n) is 7.45. The first-order valence-corrected chi connectivity index (χ1v) is 7.45. The lowest BCUT2D eigenvalue weighted by atomic mass is 9.95. The number of carbonyl (C=O) groups excluding carboxylic acids is 1. The number of amides is 1. The van der Waals surface area contributed by atoms with Crippen molar-refractivity contribution in [1.82, 2.24) is 4.90 Å². The third-order valence-corrected chi connectivity index (χ3v) is 4.17. The highest BCUT2D eigenvalue weighted by Gasteiger charge is 2.33. The second-order valence-corrected chi connectivity index (χ2v) is 6.00. The van der Waals surface area contributed by atoms with E-state index in [4.69, 9.17) is 4.74 Å². The molecular formula is C17H25NO2. The zero-order chi connectivity index (χ0) is 14.5. The smallest absolute Gasteiger partial charge is 0.223 e. The molecule has 0 saturated carbocycles. The van der Waals surface area contributed by atoms with E-state index in [-0.39, 0.29) is 11.9 Å². The highest BCUT2D eigenvalue weighted by Crippen LogP contribution is 2.31. The van der Waals surface area contributed by atoms with Gasteiger partial charge in [-0.2, -0.15) is 0 Å². The van der Waals surface area contributed by atoms with Gasteiger partial charge in [-0.05, 0) is 30.7 Å². The van der Waals surface area contributed by atoms with E-state index < -0.39 is 0 Å². The minimum Gasteiger partial charge on any atom is -0.384 e. The quantitative estimate of drug-likeness (QED) is 0.797. The lowest BCUT2D eigenvalue weighted by molar-refractivity contribution is -0.129. The highest BCUT2D eigenvalue weighted by molar-refractivity contribution is 5.79. The van der Waals surface area contributed by atoms with Gasteiger partial charge >= 0.3 is 0 Å². The number of ether oxygens (including phenoxy) is 1. The number of benzene rings is 1. The normalized spacial score (nSPS) is 22.1. The van der Waals surface area contributed by atoms with Crippen molar-refractivity contribution in [2.75, 3.05) is 20.3 Å². The van der Waals surface area contributed by atoms with E-state index in [1.54, 1.807) is 7.11 Å². The molecule has 110 valence electrons. The summed E-state index contributed by atoms with van der Waals surface area (Å²) in [4.78, 5) is 14.3. The molecule has 0 aromatic heterocycles. The Labute approximate surface area is 121 Å². The molecule has 0 bridgehead atoms. The van der Waals surface area contributed by atoms with Gasteiger partial charge in [-0.25, -0.2) is 0 Å². The van der Waals surface area contributed by atoms with Crippen LogP contribution in [0.3, 0.4) is 0 Å². The van der Waals surface area contributed by atoms with Gasteiger partial charge < -0.3 is 9.64 Å². The Bertz CT molecular complexity index is 432. The second-order valence-electron chi connectivity index (χ2n) is 6.00. The van der Waals surface area contributed by atoms with Crippen molar-refractivity contribution in [3.63, 3.8) is 0 Å². The van der Waals surface area contributed by atoms with Crippen LogP contribution in [0.4, 0.5) is 0 Å². The maximum absolute atomic E-state index is 12.2. The minimum atomic E-state index is 0.173. The van der Waals surface area contributed by atoms with E-state index in [0.29, 0.717) is 18.3 Å². The Morgan fingerprint density at radius 3 is 2.65 bits per heavy atom. The molecule has 0 N–H and O–H groups in total. The van der Waals surface area contributed by atoms with Crippen LogP contribution in [0, 0.1) is 11.8 Å². The summed E-state index contributed by atoms with van der Waals surface area (Å²) in [5.74, 6) is 1.28. The minimum absolute atomic E-state index is 0.173. The molecule has 1 saturated heterocycles. The molecular weight excluding hydrogens is 250 g/mol. The van der Waals surface area contributed by atoms with Gasteiger partial charge in [-0.15, -0.1) is 0 Å². The van der Waals surface area contributed by atoms with Gasteiger partial charge in [-0.1, -0.05) is 37.3 Å². The van der Waals surface area contributed by atoms with Gasteiger partial charge in [0.1, 0.15) is 0 Å². The Morgan fingerprint density at radius 1 is 1.30 bits per heavy atom. The molecule has 0 aliphatic carbocycles. The third-order valence-electron chi connectivity index (χ3n) is 4.17. The standard InChI is InChI=1S/C17H25NO2/c1-13(12-20-3)9-15-10-17(19)18(11-15)14(2)16-7-5-4-6-8-16/h4-8,13-15H,9-12H2,1-3H3/t13-,14-,15?/m0/s1. The number of likely N-dealkylation sites (tertiary alicyclic amines) is 1. The second kappa shape index (κ2) is 6.89. The van der Waals surface area contributed by atoms with Crippen LogP contribution in [-0.2, 0) is 9.53 Å². The molecule has 0 spiro atoms. The number of hydrogen-bond acceptors (Lipinski definition) is 2. The maximum Gasteiger partial charge on any atom is 0.223 e. The van der Waals surface area contributed by atoms with E-state index in [1.807, 2.05) is 23.1 Å². The average Bonchev–Trinajstić information content (AvgIpc) is 2.80. The zero-order valence-electron chi connectivity index (χ0n) is 12.7. The Morgan fingerprint density at radius 2 is 2.00 bits per heavy atom. The number of nitrogens with zero attached hydrogens (tertiary/aromatic N) is 1. The van der Waals surface area contributed by atoms with Gasteiger partial charge in [0.05, 0.1) is 6.04 Å². The van der Waals surface area contributed by atoms with E-state index in [9.17, 15) is 4.79 Å². The summed E-state index contributed by atoms with van der Waals surface area (Å²) in [6, 6.07) is 10.4. The Kier molecular flexibility index (Phi) is 5.18. The van der Waals surface area contributed by atoms with Crippen LogP contribution < -0.4 is 0 Å². The van der Waals surface area contributed by atoms with Gasteiger partial charge in [0.15, 0.2) is 0 Å². The van der Waals surface area contributed by atoms with E-state index in [0.717, 1.165) is 19.6 Å². The SMILES string of the molecule is COC[C@@H](C)CC1CC(=O)N([C@@H](C)c2ccccc2)C1. The highest BCUT2D eigenvalue weighted by atomic mass is 16.5. The monoisotopic (exact) mass is 275 g/mol. The van der Waals surface area contributed by atoms with Gasteiger partial charge in [0, 0.05) is 26.7 Å². The van der Waals surface area contributed by atoms with Crippen molar-refractivity contribution in [2.45, 2.75) is 32.7 Å². The first-order chi connectivity index (χ1) is 9.61. The number of methoxy groups -OCH3 is 1. The molecule has 2 rings (SSSR count). The fraction of sp³-hybridized carbons (Fsp3) is 0.588. The molecule has 1 amide bonds. The van der Waals surface area contributed by atoms with Crippen LogP contribution >= 0.6 is 0 Å². The van der Waals surface area contributed by atoms with Gasteiger partial charge in [0.2, 0.25) is 5.91 Å². The lowest BCUT2D eigenvalue weighted by Gasteiger charge is -2.25. The molecule has 3 nitrogen and oxygen atoms in total. The van der Waals surface area contributed by atoms with Crippen LogP contribution in [0.1, 0.15) is 38.3 Å².